The number of ether oxygens (including phenoxy) is 1. The summed E-state index contributed by atoms with van der Waals surface area (Å²) in [6.07, 6.45) is 1.53. The lowest BCUT2D eigenvalue weighted by Gasteiger charge is -2.13. The minimum Gasteiger partial charge on any atom is -0.496 e. The maximum Gasteiger partial charge on any atom is 0.124 e. The molecule has 0 amide bonds. The zero-order chi connectivity index (χ0) is 10.6. The van der Waals surface area contributed by atoms with Gasteiger partial charge in [-0.25, -0.2) is 0 Å². The van der Waals surface area contributed by atoms with Crippen LogP contribution in [0.2, 0.25) is 5.02 Å². The molecule has 1 N–H and O–H groups in total. The van der Waals surface area contributed by atoms with Crippen molar-refractivity contribution < 1.29 is 9.84 Å². The fourth-order valence-electron chi connectivity index (χ4n) is 1.25. The van der Waals surface area contributed by atoms with Crippen LogP contribution in [0.25, 0.3) is 0 Å². The summed E-state index contributed by atoms with van der Waals surface area (Å²) in [6, 6.07) is 5.17. The molecule has 0 fully saturated rings. The fraction of sp³-hybridized carbons (Fsp3) is 0.273. The highest BCUT2D eigenvalue weighted by molar-refractivity contribution is 6.30. The van der Waals surface area contributed by atoms with Crippen LogP contribution in [0.1, 0.15) is 18.1 Å². The average molecular weight is 213 g/mol. The average Bonchev–Trinajstić information content (AvgIpc) is 2.18. The molecule has 0 saturated heterocycles. The fourth-order valence-corrected chi connectivity index (χ4v) is 1.43. The van der Waals surface area contributed by atoms with Gasteiger partial charge in [0.05, 0.1) is 13.2 Å². The predicted molar refractivity (Wildman–Crippen MR) is 57.8 cm³/mol. The van der Waals surface area contributed by atoms with Crippen LogP contribution in [0.4, 0.5) is 0 Å². The van der Waals surface area contributed by atoms with Crippen molar-refractivity contribution in [2.75, 3.05) is 7.11 Å². The highest BCUT2D eigenvalue weighted by Gasteiger charge is 2.11. The van der Waals surface area contributed by atoms with E-state index in [1.807, 2.05) is 0 Å². The largest absolute Gasteiger partial charge is 0.496 e. The lowest BCUT2D eigenvalue weighted by atomic mass is 10.1. The van der Waals surface area contributed by atoms with Crippen LogP contribution >= 0.6 is 11.6 Å². The minimum absolute atomic E-state index is 0.483. The van der Waals surface area contributed by atoms with Gasteiger partial charge < -0.3 is 9.84 Å². The first-order valence-electron chi connectivity index (χ1n) is 4.31. The van der Waals surface area contributed by atoms with Gasteiger partial charge >= 0.3 is 0 Å². The number of halogens is 1. The number of aliphatic hydroxyl groups is 1. The summed E-state index contributed by atoms with van der Waals surface area (Å²) in [4.78, 5) is 0. The lowest BCUT2D eigenvalue weighted by molar-refractivity contribution is 0.177. The van der Waals surface area contributed by atoms with E-state index >= 15 is 0 Å². The molecule has 1 aromatic carbocycles. The third kappa shape index (κ3) is 2.50. The molecule has 14 heavy (non-hydrogen) atoms. The van der Waals surface area contributed by atoms with E-state index in [9.17, 15) is 5.11 Å². The zero-order valence-electron chi connectivity index (χ0n) is 8.03. The van der Waals surface area contributed by atoms with Gasteiger partial charge in [0.1, 0.15) is 5.75 Å². The van der Waals surface area contributed by atoms with Gasteiger partial charge in [-0.3, -0.25) is 0 Å². The molecule has 0 aliphatic rings. The second-order valence-corrected chi connectivity index (χ2v) is 3.36. The van der Waals surface area contributed by atoms with Gasteiger partial charge in [0, 0.05) is 10.6 Å². The smallest absolute Gasteiger partial charge is 0.124 e. The lowest BCUT2D eigenvalue weighted by Crippen LogP contribution is -1.99. The summed E-state index contributed by atoms with van der Waals surface area (Å²) in [6.45, 7) is 3.57. The van der Waals surface area contributed by atoms with Crippen molar-refractivity contribution in [2.45, 2.75) is 12.5 Å². The number of hydrogen-bond acceptors (Lipinski definition) is 2. The molecular weight excluding hydrogens is 200 g/mol. The van der Waals surface area contributed by atoms with E-state index in [0.29, 0.717) is 22.8 Å². The summed E-state index contributed by atoms with van der Waals surface area (Å²) in [5.41, 5.74) is 0.694. The van der Waals surface area contributed by atoms with E-state index in [1.165, 1.54) is 0 Å². The molecular formula is C11H13ClO2. The first kappa shape index (κ1) is 11.1. The first-order chi connectivity index (χ1) is 6.69. The first-order valence-corrected chi connectivity index (χ1v) is 4.69. The topological polar surface area (TPSA) is 29.5 Å². The van der Waals surface area contributed by atoms with Crippen molar-refractivity contribution in [3.63, 3.8) is 0 Å². The molecule has 0 bridgehead atoms. The van der Waals surface area contributed by atoms with E-state index in [-0.39, 0.29) is 0 Å². The Morgan fingerprint density at radius 1 is 1.64 bits per heavy atom. The number of aliphatic hydroxyl groups excluding tert-OH is 1. The van der Waals surface area contributed by atoms with Gasteiger partial charge in [-0.15, -0.1) is 6.58 Å². The van der Waals surface area contributed by atoms with Crippen molar-refractivity contribution >= 4 is 11.6 Å². The zero-order valence-corrected chi connectivity index (χ0v) is 8.79. The molecule has 0 spiro atoms. The Balaban J connectivity index is 3.02. The van der Waals surface area contributed by atoms with Gasteiger partial charge in [-0.2, -0.15) is 0 Å². The Hall–Kier alpha value is -0.990. The summed E-state index contributed by atoms with van der Waals surface area (Å²) in [7, 11) is 1.56. The molecule has 0 unspecified atom stereocenters. The molecule has 2 nitrogen and oxygen atoms in total. The Labute approximate surface area is 88.8 Å². The third-order valence-electron chi connectivity index (χ3n) is 1.94. The summed E-state index contributed by atoms with van der Waals surface area (Å²) in [5, 5.41) is 10.3. The molecule has 1 rings (SSSR count). The third-order valence-corrected chi connectivity index (χ3v) is 2.18. The van der Waals surface area contributed by atoms with E-state index < -0.39 is 6.10 Å². The Morgan fingerprint density at radius 2 is 2.36 bits per heavy atom. The highest BCUT2D eigenvalue weighted by atomic mass is 35.5. The second-order valence-electron chi connectivity index (χ2n) is 2.93. The Kier molecular flexibility index (Phi) is 3.98. The van der Waals surface area contributed by atoms with Crippen LogP contribution in [0.5, 0.6) is 5.75 Å². The monoisotopic (exact) mass is 212 g/mol. The molecule has 3 heteroatoms. The molecule has 0 aliphatic heterocycles. The number of benzene rings is 1. The molecule has 1 aromatic rings. The van der Waals surface area contributed by atoms with Gasteiger partial charge in [0.25, 0.3) is 0 Å². The van der Waals surface area contributed by atoms with E-state index in [1.54, 1.807) is 31.4 Å². The Bertz CT molecular complexity index is 323. The molecule has 76 valence electrons. The summed E-state index contributed by atoms with van der Waals surface area (Å²) in [5.74, 6) is 0.642. The molecule has 0 saturated carbocycles. The van der Waals surface area contributed by atoms with Gasteiger partial charge in [-0.05, 0) is 24.6 Å². The van der Waals surface area contributed by atoms with Crippen LogP contribution in [-0.2, 0) is 0 Å². The molecule has 1 atom stereocenters. The predicted octanol–water partition coefficient (Wildman–Crippen LogP) is 2.96. The van der Waals surface area contributed by atoms with Gasteiger partial charge in [0.15, 0.2) is 0 Å². The minimum atomic E-state index is -0.610. The maximum absolute atomic E-state index is 9.75. The highest BCUT2D eigenvalue weighted by Crippen LogP contribution is 2.29. The quantitative estimate of drug-likeness (QED) is 0.778. The SMILES string of the molecule is C=CC[C@H](O)c1cc(Cl)ccc1OC. The summed E-state index contributed by atoms with van der Waals surface area (Å²) >= 11 is 5.83. The molecule has 0 heterocycles. The van der Waals surface area contributed by atoms with E-state index in [4.69, 9.17) is 16.3 Å². The number of hydrogen-bond donors (Lipinski definition) is 1. The van der Waals surface area contributed by atoms with Crippen molar-refractivity contribution in [3.05, 3.63) is 41.4 Å². The van der Waals surface area contributed by atoms with E-state index in [2.05, 4.69) is 6.58 Å². The van der Waals surface area contributed by atoms with Crippen LogP contribution < -0.4 is 4.74 Å². The van der Waals surface area contributed by atoms with Crippen LogP contribution in [0, 0.1) is 0 Å². The standard InChI is InChI=1S/C11H13ClO2/c1-3-4-10(13)9-7-8(12)5-6-11(9)14-2/h3,5-7,10,13H,1,4H2,2H3/t10-/m0/s1. The maximum atomic E-state index is 9.75. The summed E-state index contributed by atoms with van der Waals surface area (Å²) < 4.78 is 5.11. The van der Waals surface area contributed by atoms with Crippen LogP contribution in [0.15, 0.2) is 30.9 Å². The van der Waals surface area contributed by atoms with Crippen molar-refractivity contribution in [2.24, 2.45) is 0 Å². The molecule has 0 radical (unpaired) electrons. The number of methoxy groups -OCH3 is 1. The van der Waals surface area contributed by atoms with Gasteiger partial charge in [-0.1, -0.05) is 17.7 Å². The Morgan fingerprint density at radius 3 is 2.93 bits per heavy atom. The normalized spacial score (nSPS) is 12.2. The van der Waals surface area contributed by atoms with Crippen molar-refractivity contribution in [1.82, 2.24) is 0 Å². The molecule has 0 aromatic heterocycles. The number of rotatable bonds is 4. The van der Waals surface area contributed by atoms with E-state index in [0.717, 1.165) is 0 Å². The van der Waals surface area contributed by atoms with Crippen LogP contribution in [0.3, 0.4) is 0 Å². The van der Waals surface area contributed by atoms with Gasteiger partial charge in [0.2, 0.25) is 0 Å². The van der Waals surface area contributed by atoms with Crippen molar-refractivity contribution in [3.8, 4) is 5.75 Å². The molecule has 0 aliphatic carbocycles. The van der Waals surface area contributed by atoms with Crippen molar-refractivity contribution in [1.29, 1.82) is 0 Å². The van der Waals surface area contributed by atoms with Crippen LogP contribution in [-0.4, -0.2) is 12.2 Å². The second kappa shape index (κ2) is 5.03.